The summed E-state index contributed by atoms with van der Waals surface area (Å²) in [4.78, 5) is 14.8. The minimum Gasteiger partial charge on any atom is -0.419 e. The fraction of sp³-hybridized carbons (Fsp3) is 0.286. The number of nitrogens with zero attached hydrogens (tertiary/aromatic N) is 3. The molecule has 1 saturated carbocycles. The molecule has 1 fully saturated rings. The van der Waals surface area contributed by atoms with E-state index in [0.29, 0.717) is 23.9 Å². The van der Waals surface area contributed by atoms with E-state index in [1.54, 1.807) is 0 Å². The Morgan fingerprint density at radius 2 is 1.89 bits per heavy atom. The number of benzene rings is 2. The van der Waals surface area contributed by atoms with Gasteiger partial charge >= 0.3 is 0 Å². The third-order valence-corrected chi connectivity index (χ3v) is 5.43. The summed E-state index contributed by atoms with van der Waals surface area (Å²) in [5.74, 6) is 0.917. The van der Waals surface area contributed by atoms with Gasteiger partial charge in [-0.25, -0.2) is 0 Å². The topological polar surface area (TPSA) is 59.2 Å². The molecule has 0 aliphatic heterocycles. The molecule has 1 aliphatic rings. The number of hydrogen-bond acceptors (Lipinski definition) is 4. The van der Waals surface area contributed by atoms with E-state index in [0.717, 1.165) is 29.3 Å². The van der Waals surface area contributed by atoms with Crippen LogP contribution in [-0.4, -0.2) is 27.0 Å². The van der Waals surface area contributed by atoms with Crippen LogP contribution >= 0.6 is 15.9 Å². The molecule has 1 amide bonds. The van der Waals surface area contributed by atoms with Crippen molar-refractivity contribution < 1.29 is 9.21 Å². The number of amides is 1. The van der Waals surface area contributed by atoms with Crippen LogP contribution in [-0.2, 0) is 13.0 Å². The van der Waals surface area contributed by atoms with E-state index in [1.807, 2.05) is 53.4 Å². The van der Waals surface area contributed by atoms with E-state index in [4.69, 9.17) is 4.42 Å². The molecular weight excluding hydrogens is 406 g/mol. The van der Waals surface area contributed by atoms with Gasteiger partial charge in [-0.2, -0.15) is 0 Å². The largest absolute Gasteiger partial charge is 0.419 e. The van der Waals surface area contributed by atoms with E-state index in [9.17, 15) is 4.79 Å². The van der Waals surface area contributed by atoms with Gasteiger partial charge in [-0.15, -0.1) is 10.2 Å². The normalized spacial score (nSPS) is 13.6. The Hall–Kier alpha value is -2.47. The zero-order valence-corrected chi connectivity index (χ0v) is 16.6. The van der Waals surface area contributed by atoms with Crippen LogP contribution in [0.25, 0.3) is 11.5 Å². The molecule has 0 bridgehead atoms. The number of carbonyl (C=O) groups is 1. The second-order valence-electron chi connectivity index (χ2n) is 6.70. The Morgan fingerprint density at radius 1 is 1.15 bits per heavy atom. The Kier molecular flexibility index (Phi) is 5.07. The van der Waals surface area contributed by atoms with Gasteiger partial charge in [0.25, 0.3) is 5.91 Å². The third kappa shape index (κ3) is 3.95. The summed E-state index contributed by atoms with van der Waals surface area (Å²) in [6.07, 6.45) is 2.99. The average Bonchev–Trinajstić information content (AvgIpc) is 3.44. The highest BCUT2D eigenvalue weighted by molar-refractivity contribution is 9.10. The van der Waals surface area contributed by atoms with E-state index >= 15 is 0 Å². The van der Waals surface area contributed by atoms with Crippen LogP contribution in [0.1, 0.15) is 41.6 Å². The fourth-order valence-electron chi connectivity index (χ4n) is 3.01. The summed E-state index contributed by atoms with van der Waals surface area (Å²) in [6, 6.07) is 15.8. The molecule has 1 aromatic heterocycles. The lowest BCUT2D eigenvalue weighted by molar-refractivity contribution is 0.0714. The van der Waals surface area contributed by atoms with Crippen molar-refractivity contribution in [2.45, 2.75) is 38.8 Å². The van der Waals surface area contributed by atoms with Gasteiger partial charge in [0.2, 0.25) is 11.8 Å². The lowest BCUT2D eigenvalue weighted by Crippen LogP contribution is -2.32. The van der Waals surface area contributed by atoms with Crippen molar-refractivity contribution in [3.05, 3.63) is 70.0 Å². The second-order valence-corrected chi connectivity index (χ2v) is 7.55. The van der Waals surface area contributed by atoms with Crippen molar-refractivity contribution in [1.29, 1.82) is 0 Å². The van der Waals surface area contributed by atoms with Crippen molar-refractivity contribution in [3.8, 4) is 11.5 Å². The zero-order valence-electron chi connectivity index (χ0n) is 15.1. The average molecular weight is 426 g/mol. The molecule has 4 rings (SSSR count). The molecule has 138 valence electrons. The lowest BCUT2D eigenvalue weighted by Gasteiger charge is -2.20. The molecule has 0 radical (unpaired) electrons. The monoisotopic (exact) mass is 425 g/mol. The summed E-state index contributed by atoms with van der Waals surface area (Å²) in [5.41, 5.74) is 2.76. The maximum Gasteiger partial charge on any atom is 0.254 e. The van der Waals surface area contributed by atoms with E-state index in [2.05, 4.69) is 33.1 Å². The van der Waals surface area contributed by atoms with Crippen LogP contribution in [0.2, 0.25) is 0 Å². The van der Waals surface area contributed by atoms with E-state index < -0.39 is 0 Å². The van der Waals surface area contributed by atoms with Gasteiger partial charge in [0, 0.05) is 16.1 Å². The van der Waals surface area contributed by atoms with Crippen molar-refractivity contribution in [3.63, 3.8) is 0 Å². The Labute approximate surface area is 166 Å². The van der Waals surface area contributed by atoms with Gasteiger partial charge < -0.3 is 9.32 Å². The zero-order chi connectivity index (χ0) is 18.8. The van der Waals surface area contributed by atoms with E-state index in [-0.39, 0.29) is 11.9 Å². The van der Waals surface area contributed by atoms with Gasteiger partial charge in [0.15, 0.2) is 0 Å². The summed E-state index contributed by atoms with van der Waals surface area (Å²) >= 11 is 3.50. The number of carbonyl (C=O) groups excluding carboxylic acids is 1. The van der Waals surface area contributed by atoms with E-state index in [1.165, 1.54) is 5.56 Å². The first-order chi connectivity index (χ1) is 13.2. The molecule has 1 heterocycles. The molecule has 6 heteroatoms. The highest BCUT2D eigenvalue weighted by atomic mass is 79.9. The van der Waals surface area contributed by atoms with Gasteiger partial charge in [0.05, 0.1) is 12.1 Å². The van der Waals surface area contributed by atoms with Crippen molar-refractivity contribution in [2.75, 3.05) is 0 Å². The lowest BCUT2D eigenvalue weighted by atomic mass is 10.1. The SMILES string of the molecule is CCc1ccc(C(=O)N(Cc2nnc(-c3ccccc3Br)o2)C2CC2)cc1. The third-order valence-electron chi connectivity index (χ3n) is 4.73. The molecule has 0 N–H and O–H groups in total. The standard InChI is InChI=1S/C21H20BrN3O2/c1-2-14-7-9-15(10-8-14)21(26)25(16-11-12-16)13-19-23-24-20(27-19)17-5-3-4-6-18(17)22/h3-10,16H,2,11-13H2,1H3. The maximum absolute atomic E-state index is 13.0. The summed E-state index contributed by atoms with van der Waals surface area (Å²) in [6.45, 7) is 2.43. The van der Waals surface area contributed by atoms with Gasteiger partial charge in [-0.1, -0.05) is 31.2 Å². The predicted molar refractivity (Wildman–Crippen MR) is 106 cm³/mol. The van der Waals surface area contributed by atoms with Crippen LogP contribution in [0.15, 0.2) is 57.4 Å². The van der Waals surface area contributed by atoms with Gasteiger partial charge in [-0.3, -0.25) is 4.79 Å². The van der Waals surface area contributed by atoms with Crippen LogP contribution in [0, 0.1) is 0 Å². The van der Waals surface area contributed by atoms with Crippen molar-refractivity contribution in [1.82, 2.24) is 15.1 Å². The molecule has 27 heavy (non-hydrogen) atoms. The Morgan fingerprint density at radius 3 is 2.56 bits per heavy atom. The van der Waals surface area contributed by atoms with Crippen LogP contribution < -0.4 is 0 Å². The highest BCUT2D eigenvalue weighted by Gasteiger charge is 2.34. The molecule has 0 atom stereocenters. The summed E-state index contributed by atoms with van der Waals surface area (Å²) < 4.78 is 6.73. The minimum atomic E-state index is 0.0146. The number of hydrogen-bond donors (Lipinski definition) is 0. The molecule has 0 saturated heterocycles. The van der Waals surface area contributed by atoms with Crippen molar-refractivity contribution >= 4 is 21.8 Å². The summed E-state index contributed by atoms with van der Waals surface area (Å²) in [5, 5.41) is 8.31. The quantitative estimate of drug-likeness (QED) is 0.565. The minimum absolute atomic E-state index is 0.0146. The van der Waals surface area contributed by atoms with Gasteiger partial charge in [0.1, 0.15) is 0 Å². The molecule has 5 nitrogen and oxygen atoms in total. The van der Waals surface area contributed by atoms with Crippen LogP contribution in [0.5, 0.6) is 0 Å². The van der Waals surface area contributed by atoms with Gasteiger partial charge in [-0.05, 0) is 65.0 Å². The molecule has 1 aliphatic carbocycles. The molecule has 0 unspecified atom stereocenters. The first-order valence-electron chi connectivity index (χ1n) is 9.13. The number of halogens is 1. The Balaban J connectivity index is 1.54. The first kappa shape index (κ1) is 17.9. The molecule has 3 aromatic rings. The Bertz CT molecular complexity index is 948. The maximum atomic E-state index is 13.0. The predicted octanol–water partition coefficient (Wildman–Crippen LogP) is 4.87. The number of aryl methyl sites for hydroxylation is 1. The van der Waals surface area contributed by atoms with Crippen LogP contribution in [0.3, 0.4) is 0 Å². The van der Waals surface area contributed by atoms with Crippen molar-refractivity contribution in [2.24, 2.45) is 0 Å². The first-order valence-corrected chi connectivity index (χ1v) is 9.92. The molecule has 0 spiro atoms. The second kappa shape index (κ2) is 7.64. The number of rotatable bonds is 6. The molecule has 2 aromatic carbocycles. The van der Waals surface area contributed by atoms with Crippen LogP contribution in [0.4, 0.5) is 0 Å². The summed E-state index contributed by atoms with van der Waals surface area (Å²) in [7, 11) is 0. The highest BCUT2D eigenvalue weighted by Crippen LogP contribution is 2.31. The number of aromatic nitrogens is 2. The fourth-order valence-corrected chi connectivity index (χ4v) is 3.46. The molecular formula is C21H20BrN3O2. The smallest absolute Gasteiger partial charge is 0.254 e.